The minimum atomic E-state index is -0.468. The van der Waals surface area contributed by atoms with E-state index in [2.05, 4.69) is 71.4 Å². The Morgan fingerprint density at radius 1 is 1.10 bits per heavy atom. The van der Waals surface area contributed by atoms with Gasteiger partial charge in [-0.1, -0.05) is 54.9 Å². The van der Waals surface area contributed by atoms with Gasteiger partial charge in [0, 0.05) is 31.1 Å². The zero-order valence-electron chi connectivity index (χ0n) is 16.8. The van der Waals surface area contributed by atoms with Crippen LogP contribution in [0.1, 0.15) is 49.0 Å². The molecule has 152 valence electrons. The standard InChI is InChI=1S/C24H28N2O3/c1-2-3-17-4-6-18(7-5-17)16-26-11-10-19-8-9-20(12-23(19)26)24-14-21(27)13-22(29-24)15-25-28/h4-12,21-22,24,27H,2-3,13-16H2,1H3. The summed E-state index contributed by atoms with van der Waals surface area (Å²) in [6.07, 6.45) is 4.40. The van der Waals surface area contributed by atoms with Crippen LogP contribution in [0.15, 0.2) is 59.9 Å². The SMILES string of the molecule is CCCc1ccc(Cn2ccc3ccc(C4CC(O)CC(CN=O)O4)cc32)cc1. The highest BCUT2D eigenvalue weighted by Gasteiger charge is 2.29. The van der Waals surface area contributed by atoms with E-state index in [0.29, 0.717) is 12.8 Å². The van der Waals surface area contributed by atoms with Gasteiger partial charge in [-0.2, -0.15) is 4.91 Å². The monoisotopic (exact) mass is 392 g/mol. The van der Waals surface area contributed by atoms with Crippen molar-refractivity contribution in [3.05, 3.63) is 76.3 Å². The smallest absolute Gasteiger partial charge is 0.107 e. The summed E-state index contributed by atoms with van der Waals surface area (Å²) in [7, 11) is 0. The molecular weight excluding hydrogens is 364 g/mol. The molecule has 1 aromatic heterocycles. The molecule has 0 spiro atoms. The first-order chi connectivity index (χ1) is 14.2. The van der Waals surface area contributed by atoms with Crippen LogP contribution in [0.25, 0.3) is 10.9 Å². The number of aliphatic hydroxyl groups is 1. The quantitative estimate of drug-likeness (QED) is 0.576. The van der Waals surface area contributed by atoms with Crippen LogP contribution in [0.5, 0.6) is 0 Å². The van der Waals surface area contributed by atoms with E-state index in [9.17, 15) is 10.0 Å². The average molecular weight is 392 g/mol. The number of rotatable bonds is 7. The molecule has 0 aliphatic carbocycles. The van der Waals surface area contributed by atoms with Crippen molar-refractivity contribution in [1.29, 1.82) is 0 Å². The van der Waals surface area contributed by atoms with Crippen LogP contribution < -0.4 is 0 Å². The Morgan fingerprint density at radius 2 is 1.90 bits per heavy atom. The third kappa shape index (κ3) is 4.57. The van der Waals surface area contributed by atoms with E-state index in [0.717, 1.165) is 30.5 Å². The van der Waals surface area contributed by atoms with E-state index in [1.807, 2.05) is 0 Å². The van der Waals surface area contributed by atoms with E-state index in [-0.39, 0.29) is 18.8 Å². The fraction of sp³-hybridized carbons (Fsp3) is 0.417. The summed E-state index contributed by atoms with van der Waals surface area (Å²) >= 11 is 0. The first-order valence-corrected chi connectivity index (χ1v) is 10.5. The van der Waals surface area contributed by atoms with Crippen LogP contribution in [0.3, 0.4) is 0 Å². The van der Waals surface area contributed by atoms with Gasteiger partial charge in [0.2, 0.25) is 0 Å². The lowest BCUT2D eigenvalue weighted by Crippen LogP contribution is -2.33. The normalized spacial score (nSPS) is 22.1. The van der Waals surface area contributed by atoms with Gasteiger partial charge in [-0.3, -0.25) is 0 Å². The van der Waals surface area contributed by atoms with Crippen molar-refractivity contribution in [2.75, 3.05) is 6.54 Å². The van der Waals surface area contributed by atoms with Crippen LogP contribution in [0, 0.1) is 4.91 Å². The molecule has 3 atom stereocenters. The summed E-state index contributed by atoms with van der Waals surface area (Å²) in [4.78, 5) is 10.6. The predicted octanol–water partition coefficient (Wildman–Crippen LogP) is 4.99. The molecule has 29 heavy (non-hydrogen) atoms. The Labute approximate surface area is 171 Å². The third-order valence-electron chi connectivity index (χ3n) is 5.74. The van der Waals surface area contributed by atoms with Crippen molar-refractivity contribution < 1.29 is 9.84 Å². The number of benzene rings is 2. The van der Waals surface area contributed by atoms with Crippen molar-refractivity contribution in [3.8, 4) is 0 Å². The fourth-order valence-corrected chi connectivity index (χ4v) is 4.24. The zero-order valence-corrected chi connectivity index (χ0v) is 16.8. The summed E-state index contributed by atoms with van der Waals surface area (Å²) in [6.45, 7) is 3.09. The fourth-order valence-electron chi connectivity index (χ4n) is 4.24. The Kier molecular flexibility index (Phi) is 6.07. The highest BCUT2D eigenvalue weighted by atomic mass is 16.5. The summed E-state index contributed by atoms with van der Waals surface area (Å²) in [6, 6.07) is 17.3. The van der Waals surface area contributed by atoms with Gasteiger partial charge in [-0.15, -0.1) is 0 Å². The summed E-state index contributed by atoms with van der Waals surface area (Å²) in [5, 5.41) is 14.3. The third-order valence-corrected chi connectivity index (χ3v) is 5.74. The average Bonchev–Trinajstić information content (AvgIpc) is 3.11. The van der Waals surface area contributed by atoms with E-state index in [4.69, 9.17) is 4.74 Å². The molecule has 3 aromatic rings. The molecule has 1 aliphatic heterocycles. The van der Waals surface area contributed by atoms with E-state index >= 15 is 0 Å². The van der Waals surface area contributed by atoms with Crippen molar-refractivity contribution in [2.45, 2.75) is 57.5 Å². The topological polar surface area (TPSA) is 63.8 Å². The maximum absolute atomic E-state index is 10.6. The molecule has 3 unspecified atom stereocenters. The van der Waals surface area contributed by atoms with Crippen molar-refractivity contribution in [3.63, 3.8) is 0 Å². The number of fused-ring (bicyclic) bond motifs is 1. The predicted molar refractivity (Wildman–Crippen MR) is 115 cm³/mol. The summed E-state index contributed by atoms with van der Waals surface area (Å²) in [5.74, 6) is 0. The lowest BCUT2D eigenvalue weighted by Gasteiger charge is -2.32. The highest BCUT2D eigenvalue weighted by molar-refractivity contribution is 5.81. The van der Waals surface area contributed by atoms with Gasteiger partial charge in [0.05, 0.1) is 18.3 Å². The lowest BCUT2D eigenvalue weighted by atomic mass is 9.95. The molecule has 2 heterocycles. The number of hydrogen-bond acceptors (Lipinski definition) is 4. The Bertz CT molecular complexity index is 964. The minimum Gasteiger partial charge on any atom is -0.393 e. The maximum Gasteiger partial charge on any atom is 0.107 e. The molecule has 1 fully saturated rings. The number of nitrogens with zero attached hydrogens (tertiary/aromatic N) is 2. The number of aliphatic hydroxyl groups excluding tert-OH is 1. The molecule has 5 heteroatoms. The van der Waals surface area contributed by atoms with Crippen molar-refractivity contribution in [2.24, 2.45) is 5.18 Å². The molecule has 4 rings (SSSR count). The number of aromatic nitrogens is 1. The molecule has 0 saturated carbocycles. The van der Waals surface area contributed by atoms with Gasteiger partial charge < -0.3 is 14.4 Å². The minimum absolute atomic E-state index is 0.0835. The highest BCUT2D eigenvalue weighted by Crippen LogP contribution is 2.33. The number of nitroso groups, excluding NO2 is 1. The Hall–Kier alpha value is -2.50. The molecule has 2 aromatic carbocycles. The second kappa shape index (κ2) is 8.89. The maximum atomic E-state index is 10.6. The molecular formula is C24H28N2O3. The van der Waals surface area contributed by atoms with Crippen LogP contribution in [-0.2, 0) is 17.7 Å². The van der Waals surface area contributed by atoms with Gasteiger partial charge >= 0.3 is 0 Å². The van der Waals surface area contributed by atoms with Gasteiger partial charge in [0.25, 0.3) is 0 Å². The summed E-state index contributed by atoms with van der Waals surface area (Å²) < 4.78 is 8.29. The van der Waals surface area contributed by atoms with Crippen LogP contribution >= 0.6 is 0 Å². The largest absolute Gasteiger partial charge is 0.393 e. The van der Waals surface area contributed by atoms with Gasteiger partial charge in [-0.25, -0.2) is 0 Å². The molecule has 1 saturated heterocycles. The van der Waals surface area contributed by atoms with Crippen LogP contribution in [0.4, 0.5) is 0 Å². The van der Waals surface area contributed by atoms with Crippen LogP contribution in [0.2, 0.25) is 0 Å². The second-order valence-electron chi connectivity index (χ2n) is 8.01. The van der Waals surface area contributed by atoms with Crippen molar-refractivity contribution >= 4 is 10.9 Å². The van der Waals surface area contributed by atoms with E-state index in [1.54, 1.807) is 0 Å². The van der Waals surface area contributed by atoms with Crippen LogP contribution in [-0.4, -0.2) is 28.4 Å². The van der Waals surface area contributed by atoms with Gasteiger partial charge in [0.1, 0.15) is 6.54 Å². The molecule has 5 nitrogen and oxygen atoms in total. The summed E-state index contributed by atoms with van der Waals surface area (Å²) in [5.41, 5.74) is 4.83. The number of aryl methyl sites for hydroxylation is 1. The molecule has 0 bridgehead atoms. The zero-order chi connectivity index (χ0) is 20.2. The number of ether oxygens (including phenoxy) is 1. The second-order valence-corrected chi connectivity index (χ2v) is 8.01. The van der Waals surface area contributed by atoms with Gasteiger partial charge in [0.15, 0.2) is 0 Å². The molecule has 0 radical (unpaired) electrons. The Balaban J connectivity index is 1.56. The van der Waals surface area contributed by atoms with Gasteiger partial charge in [-0.05, 0) is 40.6 Å². The Morgan fingerprint density at radius 3 is 2.66 bits per heavy atom. The van der Waals surface area contributed by atoms with E-state index in [1.165, 1.54) is 16.5 Å². The lowest BCUT2D eigenvalue weighted by molar-refractivity contribution is -0.0930. The molecule has 1 aliphatic rings. The molecule has 0 amide bonds. The first-order valence-electron chi connectivity index (χ1n) is 10.5. The van der Waals surface area contributed by atoms with Crippen molar-refractivity contribution in [1.82, 2.24) is 4.57 Å². The van der Waals surface area contributed by atoms with E-state index < -0.39 is 6.10 Å². The first kappa shape index (κ1) is 19.8. The number of hydrogen-bond donors (Lipinski definition) is 1. The molecule has 1 N–H and O–H groups in total.